The topological polar surface area (TPSA) is 36.4 Å². The van der Waals surface area contributed by atoms with Crippen LogP contribution in [0.2, 0.25) is 0 Å². The van der Waals surface area contributed by atoms with E-state index >= 15 is 0 Å². The Bertz CT molecular complexity index is 657. The molecule has 1 aliphatic rings. The van der Waals surface area contributed by atoms with Crippen LogP contribution in [0.5, 0.6) is 0 Å². The maximum Gasteiger partial charge on any atom is 0.219 e. The Kier molecular flexibility index (Phi) is 6.36. The number of anilines is 1. The number of pyridine rings is 1. The number of piperazine rings is 1. The zero-order valence-corrected chi connectivity index (χ0v) is 15.1. The van der Waals surface area contributed by atoms with E-state index in [1.807, 2.05) is 31.0 Å². The molecule has 128 valence electrons. The van der Waals surface area contributed by atoms with Crippen molar-refractivity contribution >= 4 is 11.6 Å². The van der Waals surface area contributed by atoms with Gasteiger partial charge in [-0.05, 0) is 36.2 Å². The Morgan fingerprint density at radius 2 is 1.96 bits per heavy atom. The lowest BCUT2D eigenvalue weighted by Crippen LogP contribution is -2.50. The lowest BCUT2D eigenvalue weighted by atomic mass is 10.0. The third kappa shape index (κ3) is 4.13. The summed E-state index contributed by atoms with van der Waals surface area (Å²) in [5.41, 5.74) is 3.60. The molecule has 1 unspecified atom stereocenters. The molecular formula is C20H27N3O. The molecule has 0 radical (unpaired) electrons. The predicted octanol–water partition coefficient (Wildman–Crippen LogP) is 3.83. The first-order chi connectivity index (χ1) is 11.6. The van der Waals surface area contributed by atoms with Gasteiger partial charge in [-0.25, -0.2) is 0 Å². The van der Waals surface area contributed by atoms with Crippen LogP contribution in [-0.4, -0.2) is 35.4 Å². The van der Waals surface area contributed by atoms with Gasteiger partial charge in [-0.1, -0.05) is 32.0 Å². The molecule has 3 rings (SSSR count). The van der Waals surface area contributed by atoms with Crippen LogP contribution < -0.4 is 4.90 Å². The van der Waals surface area contributed by atoms with Gasteiger partial charge >= 0.3 is 0 Å². The summed E-state index contributed by atoms with van der Waals surface area (Å²) in [4.78, 5) is 20.3. The molecule has 4 nitrogen and oxygen atoms in total. The summed E-state index contributed by atoms with van der Waals surface area (Å²) in [7, 11) is 0. The zero-order valence-electron chi connectivity index (χ0n) is 15.1. The number of aryl methyl sites for hydroxylation is 1. The summed E-state index contributed by atoms with van der Waals surface area (Å²) in [6, 6.07) is 12.7. The average molecular weight is 325 g/mol. The predicted molar refractivity (Wildman–Crippen MR) is 99.1 cm³/mol. The highest BCUT2D eigenvalue weighted by molar-refractivity contribution is 5.73. The molecule has 0 aliphatic carbocycles. The van der Waals surface area contributed by atoms with E-state index in [0.29, 0.717) is 6.54 Å². The summed E-state index contributed by atoms with van der Waals surface area (Å²) >= 11 is 0. The molecule has 4 heteroatoms. The Morgan fingerprint density at radius 3 is 2.58 bits per heavy atom. The first-order valence-electron chi connectivity index (χ1n) is 8.64. The van der Waals surface area contributed by atoms with E-state index in [-0.39, 0.29) is 11.9 Å². The van der Waals surface area contributed by atoms with Crippen molar-refractivity contribution in [3.05, 3.63) is 59.9 Å². The third-order valence-corrected chi connectivity index (χ3v) is 4.23. The second kappa shape index (κ2) is 8.48. The molecule has 2 aromatic rings. The molecule has 0 spiro atoms. The second-order valence-electron chi connectivity index (χ2n) is 5.80. The Hall–Kier alpha value is -2.36. The summed E-state index contributed by atoms with van der Waals surface area (Å²) in [5.74, 6) is 0.137. The maximum absolute atomic E-state index is 11.8. The molecule has 0 N–H and O–H groups in total. The molecule has 1 fully saturated rings. The third-order valence-electron chi connectivity index (χ3n) is 4.23. The van der Waals surface area contributed by atoms with E-state index < -0.39 is 0 Å². The highest BCUT2D eigenvalue weighted by Gasteiger charge is 2.29. The smallest absolute Gasteiger partial charge is 0.219 e. The van der Waals surface area contributed by atoms with E-state index in [4.69, 9.17) is 0 Å². The van der Waals surface area contributed by atoms with Crippen molar-refractivity contribution in [1.29, 1.82) is 0 Å². The molecule has 1 aromatic carbocycles. The highest BCUT2D eigenvalue weighted by atomic mass is 16.2. The first kappa shape index (κ1) is 18.0. The summed E-state index contributed by atoms with van der Waals surface area (Å²) in [5, 5.41) is 0. The van der Waals surface area contributed by atoms with Crippen molar-refractivity contribution in [2.24, 2.45) is 0 Å². The van der Waals surface area contributed by atoms with Crippen molar-refractivity contribution in [2.75, 3.05) is 24.5 Å². The summed E-state index contributed by atoms with van der Waals surface area (Å²) < 4.78 is 0. The van der Waals surface area contributed by atoms with Crippen LogP contribution >= 0.6 is 0 Å². The minimum Gasteiger partial charge on any atom is -0.361 e. The molecule has 1 amide bonds. The Balaban J connectivity index is 0.00000100. The van der Waals surface area contributed by atoms with Crippen LogP contribution in [0.25, 0.3) is 0 Å². The van der Waals surface area contributed by atoms with Crippen LogP contribution in [-0.2, 0) is 4.79 Å². The SMILES string of the molecule is CC.CC(=O)N1CCN(c2cccc(C)c2)C(c2cccnc2)C1. The molecule has 1 atom stereocenters. The van der Waals surface area contributed by atoms with Crippen molar-refractivity contribution in [1.82, 2.24) is 9.88 Å². The quantitative estimate of drug-likeness (QED) is 0.842. The average Bonchev–Trinajstić information content (AvgIpc) is 2.63. The van der Waals surface area contributed by atoms with Crippen LogP contribution in [0.4, 0.5) is 5.69 Å². The Labute approximate surface area is 145 Å². The molecule has 0 bridgehead atoms. The van der Waals surface area contributed by atoms with Gasteiger partial charge in [0.1, 0.15) is 0 Å². The van der Waals surface area contributed by atoms with Crippen molar-refractivity contribution in [3.8, 4) is 0 Å². The maximum atomic E-state index is 11.8. The highest BCUT2D eigenvalue weighted by Crippen LogP contribution is 2.30. The van der Waals surface area contributed by atoms with Gasteiger partial charge < -0.3 is 9.80 Å². The number of nitrogens with zero attached hydrogens (tertiary/aromatic N) is 3. The number of benzene rings is 1. The van der Waals surface area contributed by atoms with Crippen molar-refractivity contribution in [3.63, 3.8) is 0 Å². The van der Waals surface area contributed by atoms with Crippen LogP contribution in [0.3, 0.4) is 0 Å². The molecule has 1 aromatic heterocycles. The fraction of sp³-hybridized carbons (Fsp3) is 0.400. The zero-order chi connectivity index (χ0) is 17.5. The van der Waals surface area contributed by atoms with Crippen LogP contribution in [0.1, 0.15) is 37.9 Å². The molecule has 24 heavy (non-hydrogen) atoms. The number of carbonyl (C=O) groups excluding carboxylic acids is 1. The number of amides is 1. The fourth-order valence-electron chi connectivity index (χ4n) is 3.04. The van der Waals surface area contributed by atoms with E-state index in [2.05, 4.69) is 47.1 Å². The Morgan fingerprint density at radius 1 is 1.17 bits per heavy atom. The van der Waals surface area contributed by atoms with E-state index in [1.54, 1.807) is 13.1 Å². The van der Waals surface area contributed by atoms with Crippen molar-refractivity contribution < 1.29 is 4.79 Å². The first-order valence-corrected chi connectivity index (χ1v) is 8.64. The summed E-state index contributed by atoms with van der Waals surface area (Å²) in [6.07, 6.45) is 3.68. The lowest BCUT2D eigenvalue weighted by Gasteiger charge is -2.42. The largest absolute Gasteiger partial charge is 0.361 e. The van der Waals surface area contributed by atoms with Crippen LogP contribution in [0, 0.1) is 6.92 Å². The van der Waals surface area contributed by atoms with E-state index in [9.17, 15) is 4.79 Å². The molecule has 2 heterocycles. The number of aromatic nitrogens is 1. The number of hydrogen-bond donors (Lipinski definition) is 0. The normalized spacial score (nSPS) is 17.1. The molecular weight excluding hydrogens is 298 g/mol. The lowest BCUT2D eigenvalue weighted by molar-refractivity contribution is -0.129. The van der Waals surface area contributed by atoms with Gasteiger partial charge in [-0.2, -0.15) is 0 Å². The van der Waals surface area contributed by atoms with Gasteiger partial charge in [0.05, 0.1) is 6.04 Å². The minimum atomic E-state index is 0.137. The number of hydrogen-bond acceptors (Lipinski definition) is 3. The van der Waals surface area contributed by atoms with Gasteiger partial charge in [0.15, 0.2) is 0 Å². The molecule has 1 saturated heterocycles. The van der Waals surface area contributed by atoms with E-state index in [1.165, 1.54) is 11.3 Å². The van der Waals surface area contributed by atoms with E-state index in [0.717, 1.165) is 18.7 Å². The van der Waals surface area contributed by atoms with Gasteiger partial charge in [0.2, 0.25) is 5.91 Å². The van der Waals surface area contributed by atoms with Gasteiger partial charge in [-0.15, -0.1) is 0 Å². The number of carbonyl (C=O) groups is 1. The molecule has 1 aliphatic heterocycles. The fourth-order valence-corrected chi connectivity index (χ4v) is 3.04. The van der Waals surface area contributed by atoms with Gasteiger partial charge in [0, 0.05) is 44.6 Å². The molecule has 0 saturated carbocycles. The monoisotopic (exact) mass is 325 g/mol. The van der Waals surface area contributed by atoms with Crippen LogP contribution in [0.15, 0.2) is 48.8 Å². The standard InChI is InChI=1S/C18H21N3O.C2H6/c1-14-5-3-7-17(11-14)21-10-9-20(15(2)22)13-18(21)16-6-4-8-19-12-16;1-2/h3-8,11-12,18H,9-10,13H2,1-2H3;1-2H3. The summed E-state index contributed by atoms with van der Waals surface area (Å²) in [6.45, 7) is 10.1. The van der Waals surface area contributed by atoms with Gasteiger partial charge in [0.25, 0.3) is 0 Å². The van der Waals surface area contributed by atoms with Gasteiger partial charge in [-0.3, -0.25) is 9.78 Å². The second-order valence-corrected chi connectivity index (χ2v) is 5.80. The minimum absolute atomic E-state index is 0.137. The number of rotatable bonds is 2. The van der Waals surface area contributed by atoms with Crippen molar-refractivity contribution in [2.45, 2.75) is 33.7 Å².